The SMILES string of the molecule is CC1(C)CCCN(C(N)=NC2CC2)C1. The van der Waals surface area contributed by atoms with Crippen molar-refractivity contribution in [2.75, 3.05) is 13.1 Å². The topological polar surface area (TPSA) is 41.6 Å². The van der Waals surface area contributed by atoms with Gasteiger partial charge in [0.15, 0.2) is 5.96 Å². The predicted octanol–water partition coefficient (Wildman–Crippen LogP) is 1.59. The number of likely N-dealkylation sites (tertiary alicyclic amines) is 1. The van der Waals surface area contributed by atoms with Crippen molar-refractivity contribution in [2.24, 2.45) is 16.1 Å². The predicted molar refractivity (Wildman–Crippen MR) is 59.2 cm³/mol. The lowest BCUT2D eigenvalue weighted by Gasteiger charge is -2.38. The second-order valence-electron chi connectivity index (χ2n) is 5.41. The van der Waals surface area contributed by atoms with Crippen LogP contribution in [0.15, 0.2) is 4.99 Å². The first-order chi connectivity index (χ1) is 6.57. The number of rotatable bonds is 1. The monoisotopic (exact) mass is 195 g/mol. The summed E-state index contributed by atoms with van der Waals surface area (Å²) in [7, 11) is 0. The molecule has 2 fully saturated rings. The second kappa shape index (κ2) is 3.44. The molecular weight excluding hydrogens is 174 g/mol. The van der Waals surface area contributed by atoms with Crippen LogP contribution in [-0.2, 0) is 0 Å². The highest BCUT2D eigenvalue weighted by Crippen LogP contribution is 2.29. The number of piperidine rings is 1. The number of hydrogen-bond acceptors (Lipinski definition) is 1. The molecule has 2 rings (SSSR count). The molecule has 3 heteroatoms. The van der Waals surface area contributed by atoms with Crippen molar-refractivity contribution >= 4 is 5.96 Å². The van der Waals surface area contributed by atoms with E-state index in [1.54, 1.807) is 0 Å². The van der Waals surface area contributed by atoms with E-state index in [1.807, 2.05) is 0 Å². The zero-order valence-corrected chi connectivity index (χ0v) is 9.29. The van der Waals surface area contributed by atoms with E-state index in [9.17, 15) is 0 Å². The third kappa shape index (κ3) is 2.40. The third-order valence-electron chi connectivity index (χ3n) is 3.09. The smallest absolute Gasteiger partial charge is 0.191 e. The molecule has 80 valence electrons. The second-order valence-corrected chi connectivity index (χ2v) is 5.41. The van der Waals surface area contributed by atoms with Crippen LogP contribution in [0.4, 0.5) is 0 Å². The standard InChI is InChI=1S/C11H21N3/c1-11(2)6-3-7-14(8-11)10(12)13-9-4-5-9/h9H,3-8H2,1-2H3,(H2,12,13). The zero-order chi connectivity index (χ0) is 10.2. The van der Waals surface area contributed by atoms with Gasteiger partial charge >= 0.3 is 0 Å². The van der Waals surface area contributed by atoms with Gasteiger partial charge in [0.05, 0.1) is 6.04 Å². The average molecular weight is 195 g/mol. The maximum absolute atomic E-state index is 5.99. The van der Waals surface area contributed by atoms with Crippen LogP contribution >= 0.6 is 0 Å². The summed E-state index contributed by atoms with van der Waals surface area (Å²) < 4.78 is 0. The van der Waals surface area contributed by atoms with E-state index in [-0.39, 0.29) is 0 Å². The van der Waals surface area contributed by atoms with E-state index < -0.39 is 0 Å². The molecule has 3 nitrogen and oxygen atoms in total. The summed E-state index contributed by atoms with van der Waals surface area (Å²) >= 11 is 0. The van der Waals surface area contributed by atoms with Gasteiger partial charge in [-0.25, -0.2) is 4.99 Å². The summed E-state index contributed by atoms with van der Waals surface area (Å²) in [5.74, 6) is 0.778. The van der Waals surface area contributed by atoms with Gasteiger partial charge in [-0.3, -0.25) is 0 Å². The summed E-state index contributed by atoms with van der Waals surface area (Å²) in [6.07, 6.45) is 5.02. The van der Waals surface area contributed by atoms with Crippen LogP contribution in [-0.4, -0.2) is 30.0 Å². The van der Waals surface area contributed by atoms with Gasteiger partial charge < -0.3 is 10.6 Å². The van der Waals surface area contributed by atoms with Gasteiger partial charge in [-0.15, -0.1) is 0 Å². The van der Waals surface area contributed by atoms with Crippen LogP contribution in [0.2, 0.25) is 0 Å². The minimum atomic E-state index is 0.405. The fourth-order valence-corrected chi connectivity index (χ4v) is 2.09. The molecule has 1 saturated carbocycles. The van der Waals surface area contributed by atoms with Crippen LogP contribution in [0.5, 0.6) is 0 Å². The third-order valence-corrected chi connectivity index (χ3v) is 3.09. The highest BCUT2D eigenvalue weighted by Gasteiger charge is 2.28. The molecule has 0 unspecified atom stereocenters. The molecule has 14 heavy (non-hydrogen) atoms. The summed E-state index contributed by atoms with van der Waals surface area (Å²) in [5, 5.41) is 0. The Morgan fingerprint density at radius 3 is 2.71 bits per heavy atom. The number of nitrogens with two attached hydrogens (primary N) is 1. The van der Waals surface area contributed by atoms with Crippen molar-refractivity contribution in [1.29, 1.82) is 0 Å². The summed E-state index contributed by atoms with van der Waals surface area (Å²) in [6.45, 7) is 6.77. The van der Waals surface area contributed by atoms with Crippen molar-refractivity contribution in [3.05, 3.63) is 0 Å². The van der Waals surface area contributed by atoms with Crippen molar-refractivity contribution in [2.45, 2.75) is 45.6 Å². The molecule has 2 aliphatic rings. The van der Waals surface area contributed by atoms with Gasteiger partial charge in [-0.05, 0) is 31.1 Å². The van der Waals surface area contributed by atoms with Gasteiger partial charge in [0.2, 0.25) is 0 Å². The molecule has 0 aromatic rings. The van der Waals surface area contributed by atoms with Crippen LogP contribution in [0.1, 0.15) is 39.5 Å². The van der Waals surface area contributed by atoms with E-state index in [1.165, 1.54) is 25.7 Å². The molecule has 0 radical (unpaired) electrons. The zero-order valence-electron chi connectivity index (χ0n) is 9.29. The molecule has 1 saturated heterocycles. The average Bonchev–Trinajstić information content (AvgIpc) is 2.86. The normalized spacial score (nSPS) is 27.9. The Labute approximate surface area is 86.4 Å². The van der Waals surface area contributed by atoms with E-state index in [2.05, 4.69) is 23.7 Å². The molecule has 1 heterocycles. The number of guanidine groups is 1. The first-order valence-electron chi connectivity index (χ1n) is 5.65. The van der Waals surface area contributed by atoms with Crippen molar-refractivity contribution in [3.8, 4) is 0 Å². The summed E-state index contributed by atoms with van der Waals surface area (Å²) in [5.41, 5.74) is 6.39. The van der Waals surface area contributed by atoms with Crippen LogP contribution < -0.4 is 5.73 Å². The number of nitrogens with zero attached hydrogens (tertiary/aromatic N) is 2. The van der Waals surface area contributed by atoms with Crippen LogP contribution in [0.25, 0.3) is 0 Å². The highest BCUT2D eigenvalue weighted by atomic mass is 15.3. The molecular formula is C11H21N3. The Hall–Kier alpha value is -0.730. The fourth-order valence-electron chi connectivity index (χ4n) is 2.09. The van der Waals surface area contributed by atoms with Crippen molar-refractivity contribution in [3.63, 3.8) is 0 Å². The molecule has 2 N–H and O–H groups in total. The van der Waals surface area contributed by atoms with Crippen molar-refractivity contribution < 1.29 is 0 Å². The maximum atomic E-state index is 5.99. The fraction of sp³-hybridized carbons (Fsp3) is 0.909. The Balaban J connectivity index is 1.96. The quantitative estimate of drug-likeness (QED) is 0.510. The van der Waals surface area contributed by atoms with E-state index in [0.29, 0.717) is 11.5 Å². The molecule has 1 aliphatic heterocycles. The Kier molecular flexibility index (Phi) is 2.41. The largest absolute Gasteiger partial charge is 0.370 e. The van der Waals surface area contributed by atoms with E-state index in [4.69, 9.17) is 5.73 Å². The first kappa shape index (κ1) is 9.81. The Bertz CT molecular complexity index is 241. The maximum Gasteiger partial charge on any atom is 0.191 e. The van der Waals surface area contributed by atoms with Crippen LogP contribution in [0.3, 0.4) is 0 Å². The van der Waals surface area contributed by atoms with E-state index >= 15 is 0 Å². The highest BCUT2D eigenvalue weighted by molar-refractivity contribution is 5.78. The minimum Gasteiger partial charge on any atom is -0.370 e. The van der Waals surface area contributed by atoms with Gasteiger partial charge in [-0.1, -0.05) is 13.8 Å². The lowest BCUT2D eigenvalue weighted by molar-refractivity contribution is 0.177. The molecule has 0 spiro atoms. The molecule has 0 amide bonds. The van der Waals surface area contributed by atoms with Gasteiger partial charge in [0.1, 0.15) is 0 Å². The van der Waals surface area contributed by atoms with Gasteiger partial charge in [-0.2, -0.15) is 0 Å². The summed E-state index contributed by atoms with van der Waals surface area (Å²) in [6, 6.07) is 0.542. The molecule has 0 aromatic heterocycles. The summed E-state index contributed by atoms with van der Waals surface area (Å²) in [4.78, 5) is 6.75. The Morgan fingerprint density at radius 1 is 1.43 bits per heavy atom. The minimum absolute atomic E-state index is 0.405. The van der Waals surface area contributed by atoms with Crippen LogP contribution in [0, 0.1) is 5.41 Å². The lowest BCUT2D eigenvalue weighted by atomic mass is 9.84. The first-order valence-corrected chi connectivity index (χ1v) is 5.65. The Morgan fingerprint density at radius 2 is 2.14 bits per heavy atom. The van der Waals surface area contributed by atoms with Crippen molar-refractivity contribution in [1.82, 2.24) is 4.90 Å². The van der Waals surface area contributed by atoms with Gasteiger partial charge in [0.25, 0.3) is 0 Å². The van der Waals surface area contributed by atoms with E-state index in [0.717, 1.165) is 19.0 Å². The molecule has 0 aromatic carbocycles. The molecule has 0 bridgehead atoms. The molecule has 1 aliphatic carbocycles. The number of aliphatic imine (C=N–C) groups is 1. The lowest BCUT2D eigenvalue weighted by Crippen LogP contribution is -2.47. The van der Waals surface area contributed by atoms with Gasteiger partial charge in [0, 0.05) is 13.1 Å². The molecule has 0 atom stereocenters. The number of hydrogen-bond donors (Lipinski definition) is 1.